The first kappa shape index (κ1) is 14.3. The van der Waals surface area contributed by atoms with Crippen LogP contribution in [0.5, 0.6) is 0 Å². The molecule has 23 heavy (non-hydrogen) atoms. The highest BCUT2D eigenvalue weighted by Gasteiger charge is 2.27. The Morgan fingerprint density at radius 3 is 2.70 bits per heavy atom. The number of furan rings is 1. The van der Waals surface area contributed by atoms with Crippen LogP contribution in [0.25, 0.3) is 22.4 Å². The quantitative estimate of drug-likeness (QED) is 0.776. The molecule has 1 aliphatic carbocycles. The molecule has 1 aromatic carbocycles. The summed E-state index contributed by atoms with van der Waals surface area (Å²) >= 11 is 5.95. The van der Waals surface area contributed by atoms with Crippen LogP contribution < -0.4 is 5.32 Å². The van der Waals surface area contributed by atoms with Crippen molar-refractivity contribution in [2.75, 3.05) is 7.05 Å². The molecule has 4 rings (SSSR count). The largest absolute Gasteiger partial charge is 0.437 e. The van der Waals surface area contributed by atoms with Gasteiger partial charge in [-0.1, -0.05) is 11.6 Å². The molecule has 1 N–H and O–H groups in total. The van der Waals surface area contributed by atoms with E-state index < -0.39 is 0 Å². The van der Waals surface area contributed by atoms with E-state index in [1.54, 1.807) is 19.2 Å². The van der Waals surface area contributed by atoms with Gasteiger partial charge in [0, 0.05) is 23.8 Å². The number of rotatable bonds is 3. The molecule has 0 aliphatic heterocycles. The Balaban J connectivity index is 1.95. The lowest BCUT2D eigenvalue weighted by Gasteiger charge is -2.02. The van der Waals surface area contributed by atoms with Crippen LogP contribution in [0.2, 0.25) is 5.02 Å². The second-order valence-electron chi connectivity index (χ2n) is 5.79. The van der Waals surface area contributed by atoms with Crippen LogP contribution in [0.3, 0.4) is 0 Å². The standard InChI is InChI=1S/C18H15ClN2O2/c1-20-17(22)15-14-8-12(10-2-3-10)9-21-18(14)23-16(15)11-4-6-13(19)7-5-11/h4-10H,2-3H2,1H3,(H,20,22). The first-order valence-corrected chi connectivity index (χ1v) is 7.95. The molecule has 0 radical (unpaired) electrons. The molecule has 0 saturated heterocycles. The van der Waals surface area contributed by atoms with Crippen molar-refractivity contribution in [3.8, 4) is 11.3 Å². The molecule has 3 aromatic rings. The average Bonchev–Trinajstić information content (AvgIpc) is 3.35. The fourth-order valence-corrected chi connectivity index (χ4v) is 2.92. The number of carbonyl (C=O) groups is 1. The highest BCUT2D eigenvalue weighted by atomic mass is 35.5. The van der Waals surface area contributed by atoms with Crippen LogP contribution in [-0.2, 0) is 0 Å². The number of halogens is 1. The van der Waals surface area contributed by atoms with Gasteiger partial charge in [0.05, 0.1) is 10.9 Å². The van der Waals surface area contributed by atoms with Crippen molar-refractivity contribution < 1.29 is 9.21 Å². The number of nitrogens with zero attached hydrogens (tertiary/aromatic N) is 1. The number of pyridine rings is 1. The molecule has 1 fully saturated rings. The van der Waals surface area contributed by atoms with Gasteiger partial charge in [-0.15, -0.1) is 0 Å². The lowest BCUT2D eigenvalue weighted by atomic mass is 10.0. The van der Waals surface area contributed by atoms with Gasteiger partial charge in [0.1, 0.15) is 5.76 Å². The first-order chi connectivity index (χ1) is 11.2. The van der Waals surface area contributed by atoms with Crippen LogP contribution in [0.4, 0.5) is 0 Å². The van der Waals surface area contributed by atoms with Gasteiger partial charge in [0.25, 0.3) is 5.91 Å². The Morgan fingerprint density at radius 1 is 1.30 bits per heavy atom. The van der Waals surface area contributed by atoms with Gasteiger partial charge in [-0.2, -0.15) is 0 Å². The van der Waals surface area contributed by atoms with Crippen molar-refractivity contribution in [2.45, 2.75) is 18.8 Å². The van der Waals surface area contributed by atoms with Gasteiger partial charge in [-0.05, 0) is 54.7 Å². The minimum absolute atomic E-state index is 0.177. The van der Waals surface area contributed by atoms with Crippen LogP contribution >= 0.6 is 11.6 Å². The molecule has 0 spiro atoms. The summed E-state index contributed by atoms with van der Waals surface area (Å²) in [5.41, 5.74) is 2.99. The maximum Gasteiger partial charge on any atom is 0.255 e. The molecule has 5 heteroatoms. The summed E-state index contributed by atoms with van der Waals surface area (Å²) in [5.74, 6) is 0.915. The van der Waals surface area contributed by atoms with Gasteiger partial charge in [0.2, 0.25) is 5.71 Å². The zero-order valence-electron chi connectivity index (χ0n) is 12.6. The second kappa shape index (κ2) is 5.39. The second-order valence-corrected chi connectivity index (χ2v) is 6.22. The maximum absolute atomic E-state index is 12.4. The third-order valence-corrected chi connectivity index (χ3v) is 4.43. The Kier molecular flexibility index (Phi) is 3.34. The summed E-state index contributed by atoms with van der Waals surface area (Å²) in [6, 6.07) is 9.28. The van der Waals surface area contributed by atoms with Gasteiger partial charge >= 0.3 is 0 Å². The molecule has 2 heterocycles. The van der Waals surface area contributed by atoms with E-state index in [1.807, 2.05) is 24.4 Å². The predicted octanol–water partition coefficient (Wildman–Crippen LogP) is 4.39. The number of hydrogen-bond donors (Lipinski definition) is 1. The molecular weight excluding hydrogens is 312 g/mol. The van der Waals surface area contributed by atoms with Crippen molar-refractivity contribution in [3.05, 3.63) is 52.7 Å². The lowest BCUT2D eigenvalue weighted by Crippen LogP contribution is -2.18. The SMILES string of the molecule is CNC(=O)c1c(-c2ccc(Cl)cc2)oc2ncc(C3CC3)cc12. The third kappa shape index (κ3) is 2.49. The van der Waals surface area contributed by atoms with Crippen molar-refractivity contribution >= 4 is 28.6 Å². The van der Waals surface area contributed by atoms with E-state index in [1.165, 1.54) is 18.4 Å². The summed E-state index contributed by atoms with van der Waals surface area (Å²) in [6.45, 7) is 0. The van der Waals surface area contributed by atoms with Crippen molar-refractivity contribution in [2.24, 2.45) is 0 Å². The molecule has 116 valence electrons. The molecule has 0 atom stereocenters. The molecule has 2 aromatic heterocycles. The van der Waals surface area contributed by atoms with Crippen LogP contribution in [0.15, 0.2) is 40.9 Å². The van der Waals surface area contributed by atoms with Crippen LogP contribution in [0.1, 0.15) is 34.7 Å². The Hall–Kier alpha value is -2.33. The van der Waals surface area contributed by atoms with Crippen molar-refractivity contribution in [1.29, 1.82) is 0 Å². The lowest BCUT2D eigenvalue weighted by molar-refractivity contribution is 0.0964. The number of fused-ring (bicyclic) bond motifs is 1. The molecule has 0 bridgehead atoms. The molecule has 0 unspecified atom stereocenters. The fraction of sp³-hybridized carbons (Fsp3) is 0.222. The van der Waals surface area contributed by atoms with E-state index in [0.29, 0.717) is 28.0 Å². The minimum Gasteiger partial charge on any atom is -0.437 e. The third-order valence-electron chi connectivity index (χ3n) is 4.18. The Bertz CT molecular complexity index is 895. The van der Waals surface area contributed by atoms with E-state index in [0.717, 1.165) is 10.9 Å². The fourth-order valence-electron chi connectivity index (χ4n) is 2.79. The highest BCUT2D eigenvalue weighted by Crippen LogP contribution is 2.42. The smallest absolute Gasteiger partial charge is 0.255 e. The molecule has 1 saturated carbocycles. The van der Waals surface area contributed by atoms with Gasteiger partial charge in [-0.3, -0.25) is 4.79 Å². The number of hydrogen-bond acceptors (Lipinski definition) is 3. The van der Waals surface area contributed by atoms with Crippen LogP contribution in [-0.4, -0.2) is 17.9 Å². The van der Waals surface area contributed by atoms with E-state index in [-0.39, 0.29) is 5.91 Å². The monoisotopic (exact) mass is 326 g/mol. The number of nitrogens with one attached hydrogen (secondary N) is 1. The maximum atomic E-state index is 12.4. The zero-order valence-corrected chi connectivity index (χ0v) is 13.4. The molecular formula is C18H15ClN2O2. The van der Waals surface area contributed by atoms with Gasteiger partial charge in [-0.25, -0.2) is 4.98 Å². The zero-order chi connectivity index (χ0) is 16.0. The predicted molar refractivity (Wildman–Crippen MR) is 89.8 cm³/mol. The number of carbonyl (C=O) groups excluding carboxylic acids is 1. The van der Waals surface area contributed by atoms with Gasteiger partial charge < -0.3 is 9.73 Å². The summed E-state index contributed by atoms with van der Waals surface area (Å²) < 4.78 is 5.89. The molecule has 1 aliphatic rings. The topological polar surface area (TPSA) is 55.1 Å². The first-order valence-electron chi connectivity index (χ1n) is 7.58. The number of benzene rings is 1. The van der Waals surface area contributed by atoms with E-state index in [2.05, 4.69) is 10.3 Å². The van der Waals surface area contributed by atoms with Gasteiger partial charge in [0.15, 0.2) is 0 Å². The molecule has 1 amide bonds. The molecule has 4 nitrogen and oxygen atoms in total. The minimum atomic E-state index is -0.177. The Morgan fingerprint density at radius 2 is 2.04 bits per heavy atom. The normalized spacial score (nSPS) is 14.2. The average molecular weight is 327 g/mol. The van der Waals surface area contributed by atoms with Crippen molar-refractivity contribution in [3.63, 3.8) is 0 Å². The number of aromatic nitrogens is 1. The van der Waals surface area contributed by atoms with Crippen molar-refractivity contribution in [1.82, 2.24) is 10.3 Å². The summed E-state index contributed by atoms with van der Waals surface area (Å²) in [7, 11) is 1.62. The summed E-state index contributed by atoms with van der Waals surface area (Å²) in [5, 5.41) is 4.09. The summed E-state index contributed by atoms with van der Waals surface area (Å²) in [6.07, 6.45) is 4.22. The summed E-state index contributed by atoms with van der Waals surface area (Å²) in [4.78, 5) is 16.8. The van der Waals surface area contributed by atoms with Crippen LogP contribution in [0, 0.1) is 0 Å². The Labute approximate surface area is 138 Å². The van der Waals surface area contributed by atoms with E-state index >= 15 is 0 Å². The highest BCUT2D eigenvalue weighted by molar-refractivity contribution is 6.30. The van der Waals surface area contributed by atoms with E-state index in [4.69, 9.17) is 16.0 Å². The number of amides is 1. The van der Waals surface area contributed by atoms with E-state index in [9.17, 15) is 4.79 Å².